The van der Waals surface area contributed by atoms with E-state index >= 15 is 0 Å². The first-order chi connectivity index (χ1) is 8.52. The average molecular weight is 247 g/mol. The Balaban J connectivity index is 2.57. The van der Waals surface area contributed by atoms with Gasteiger partial charge in [-0.3, -0.25) is 0 Å². The third-order valence-electron chi connectivity index (χ3n) is 2.90. The number of rotatable bonds is 4. The van der Waals surface area contributed by atoms with Gasteiger partial charge in [-0.25, -0.2) is 4.79 Å². The van der Waals surface area contributed by atoms with E-state index in [-0.39, 0.29) is 5.76 Å². The maximum Gasteiger partial charge on any atom is 0.372 e. The Hall–Kier alpha value is -1.81. The first-order valence-corrected chi connectivity index (χ1v) is 5.95. The van der Waals surface area contributed by atoms with Crippen molar-refractivity contribution in [3.05, 3.63) is 35.1 Å². The van der Waals surface area contributed by atoms with Crippen LogP contribution in [0.5, 0.6) is 0 Å². The van der Waals surface area contributed by atoms with Crippen molar-refractivity contribution in [2.75, 3.05) is 14.1 Å². The molecule has 1 aromatic carbocycles. The number of fused-ring (bicyclic) bond motifs is 1. The number of carbonyl (C=O) groups is 1. The van der Waals surface area contributed by atoms with Crippen molar-refractivity contribution in [1.29, 1.82) is 0 Å². The fourth-order valence-corrected chi connectivity index (χ4v) is 2.18. The van der Waals surface area contributed by atoms with Gasteiger partial charge in [-0.15, -0.1) is 0 Å². The Morgan fingerprint density at radius 3 is 2.67 bits per heavy atom. The fraction of sp³-hybridized carbons (Fsp3) is 0.357. The number of nitrogens with zero attached hydrogens (tertiary/aromatic N) is 1. The molecule has 96 valence electrons. The summed E-state index contributed by atoms with van der Waals surface area (Å²) in [5.41, 5.74) is 2.57. The quantitative estimate of drug-likeness (QED) is 0.902. The Kier molecular flexibility index (Phi) is 3.39. The number of carboxylic acid groups (broad SMARTS) is 1. The number of benzene rings is 1. The molecule has 0 aliphatic heterocycles. The zero-order chi connectivity index (χ0) is 13.3. The molecular weight excluding hydrogens is 230 g/mol. The molecule has 4 heteroatoms. The summed E-state index contributed by atoms with van der Waals surface area (Å²) in [6, 6.07) is 5.83. The van der Waals surface area contributed by atoms with Gasteiger partial charge in [0.15, 0.2) is 0 Å². The molecule has 1 N–H and O–H groups in total. The molecule has 0 aliphatic rings. The topological polar surface area (TPSA) is 53.7 Å². The normalized spacial score (nSPS) is 11.3. The summed E-state index contributed by atoms with van der Waals surface area (Å²) < 4.78 is 5.40. The van der Waals surface area contributed by atoms with Crippen LogP contribution in [0.1, 0.15) is 28.6 Å². The Bertz CT molecular complexity index is 584. The molecule has 0 saturated carbocycles. The molecular formula is C14H17NO3. The summed E-state index contributed by atoms with van der Waals surface area (Å²) in [4.78, 5) is 13.2. The highest BCUT2D eigenvalue weighted by Gasteiger charge is 2.18. The van der Waals surface area contributed by atoms with Crippen molar-refractivity contribution in [3.63, 3.8) is 0 Å². The molecule has 0 saturated heterocycles. The van der Waals surface area contributed by atoms with Gasteiger partial charge in [0, 0.05) is 17.5 Å². The van der Waals surface area contributed by atoms with Crippen molar-refractivity contribution in [3.8, 4) is 0 Å². The van der Waals surface area contributed by atoms with Gasteiger partial charge in [0.25, 0.3) is 0 Å². The minimum absolute atomic E-state index is 0.0644. The molecule has 0 aliphatic carbocycles. The van der Waals surface area contributed by atoms with Gasteiger partial charge < -0.3 is 14.4 Å². The smallest absolute Gasteiger partial charge is 0.372 e. The number of furan rings is 1. The molecule has 0 bridgehead atoms. The largest absolute Gasteiger partial charge is 0.475 e. The maximum atomic E-state index is 11.1. The number of carboxylic acids is 1. The summed E-state index contributed by atoms with van der Waals surface area (Å²) in [7, 11) is 4.01. The van der Waals surface area contributed by atoms with Crippen molar-refractivity contribution in [1.82, 2.24) is 4.90 Å². The number of aryl methyl sites for hydroxylation is 1. The lowest BCUT2D eigenvalue weighted by atomic mass is 10.1. The molecule has 0 spiro atoms. The van der Waals surface area contributed by atoms with E-state index in [1.165, 1.54) is 0 Å². The zero-order valence-corrected chi connectivity index (χ0v) is 10.9. The predicted molar refractivity (Wildman–Crippen MR) is 69.9 cm³/mol. The fourth-order valence-electron chi connectivity index (χ4n) is 2.18. The highest BCUT2D eigenvalue weighted by Crippen LogP contribution is 2.27. The minimum Gasteiger partial charge on any atom is -0.475 e. The van der Waals surface area contributed by atoms with Crippen LogP contribution in [0.25, 0.3) is 11.0 Å². The summed E-state index contributed by atoms with van der Waals surface area (Å²) in [6.07, 6.45) is 0.653. The summed E-state index contributed by atoms with van der Waals surface area (Å²) in [5.74, 6) is -0.938. The standard InChI is InChI=1S/C14H17NO3/c1-4-10-11-7-9(8-15(2)3)5-6-12(11)18-13(10)14(16)17/h5-7H,4,8H2,1-3H3,(H,16,17). The van der Waals surface area contributed by atoms with Crippen LogP contribution < -0.4 is 0 Å². The maximum absolute atomic E-state index is 11.1. The van der Waals surface area contributed by atoms with Crippen molar-refractivity contribution < 1.29 is 14.3 Å². The lowest BCUT2D eigenvalue weighted by Gasteiger charge is -2.09. The van der Waals surface area contributed by atoms with Gasteiger partial charge in [-0.2, -0.15) is 0 Å². The van der Waals surface area contributed by atoms with E-state index in [2.05, 4.69) is 4.90 Å². The first-order valence-electron chi connectivity index (χ1n) is 5.95. The molecule has 1 heterocycles. The number of hydrogen-bond acceptors (Lipinski definition) is 3. The van der Waals surface area contributed by atoms with Crippen molar-refractivity contribution >= 4 is 16.9 Å². The second kappa shape index (κ2) is 4.82. The molecule has 0 amide bonds. The molecule has 0 unspecified atom stereocenters. The third kappa shape index (κ3) is 2.24. The van der Waals surface area contributed by atoms with Crippen LogP contribution in [0, 0.1) is 0 Å². The van der Waals surface area contributed by atoms with Crippen LogP contribution in [0.3, 0.4) is 0 Å². The van der Waals surface area contributed by atoms with E-state index in [0.717, 1.165) is 23.1 Å². The van der Waals surface area contributed by atoms with E-state index in [1.807, 2.05) is 39.2 Å². The van der Waals surface area contributed by atoms with Crippen LogP contribution in [0.15, 0.2) is 22.6 Å². The van der Waals surface area contributed by atoms with Gasteiger partial charge in [-0.05, 0) is 38.2 Å². The van der Waals surface area contributed by atoms with Crippen LogP contribution in [0.2, 0.25) is 0 Å². The summed E-state index contributed by atoms with van der Waals surface area (Å²) in [6.45, 7) is 2.77. The van der Waals surface area contributed by atoms with Crippen LogP contribution >= 0.6 is 0 Å². The Morgan fingerprint density at radius 2 is 2.11 bits per heavy atom. The number of hydrogen-bond donors (Lipinski definition) is 1. The Morgan fingerprint density at radius 1 is 1.39 bits per heavy atom. The molecule has 0 atom stereocenters. The van der Waals surface area contributed by atoms with Crippen molar-refractivity contribution in [2.24, 2.45) is 0 Å². The van der Waals surface area contributed by atoms with E-state index in [1.54, 1.807) is 0 Å². The zero-order valence-electron chi connectivity index (χ0n) is 10.9. The van der Waals surface area contributed by atoms with E-state index in [0.29, 0.717) is 12.0 Å². The van der Waals surface area contributed by atoms with E-state index < -0.39 is 5.97 Å². The third-order valence-corrected chi connectivity index (χ3v) is 2.90. The number of aromatic carboxylic acids is 1. The lowest BCUT2D eigenvalue weighted by Crippen LogP contribution is -2.10. The monoisotopic (exact) mass is 247 g/mol. The van der Waals surface area contributed by atoms with Gasteiger partial charge >= 0.3 is 5.97 Å². The summed E-state index contributed by atoms with van der Waals surface area (Å²) >= 11 is 0. The van der Waals surface area contributed by atoms with E-state index in [9.17, 15) is 4.79 Å². The Labute approximate surface area is 106 Å². The van der Waals surface area contributed by atoms with Gasteiger partial charge in [0.05, 0.1) is 0 Å². The molecule has 18 heavy (non-hydrogen) atoms. The second-order valence-corrected chi connectivity index (χ2v) is 4.64. The van der Waals surface area contributed by atoms with Gasteiger partial charge in [0.1, 0.15) is 5.58 Å². The second-order valence-electron chi connectivity index (χ2n) is 4.64. The highest BCUT2D eigenvalue weighted by atomic mass is 16.4. The molecule has 4 nitrogen and oxygen atoms in total. The van der Waals surface area contributed by atoms with Crippen LogP contribution in [-0.2, 0) is 13.0 Å². The average Bonchev–Trinajstić information content (AvgIpc) is 2.66. The van der Waals surface area contributed by atoms with E-state index in [4.69, 9.17) is 9.52 Å². The van der Waals surface area contributed by atoms with Crippen molar-refractivity contribution in [2.45, 2.75) is 19.9 Å². The lowest BCUT2D eigenvalue weighted by molar-refractivity contribution is 0.0663. The predicted octanol–water partition coefficient (Wildman–Crippen LogP) is 2.76. The van der Waals surface area contributed by atoms with Gasteiger partial charge in [0.2, 0.25) is 5.76 Å². The first kappa shape index (κ1) is 12.6. The van der Waals surface area contributed by atoms with Crippen LogP contribution in [-0.4, -0.2) is 30.1 Å². The molecule has 2 rings (SSSR count). The molecule has 2 aromatic rings. The SMILES string of the molecule is CCc1c(C(=O)O)oc2ccc(CN(C)C)cc12. The molecule has 0 radical (unpaired) electrons. The summed E-state index contributed by atoms with van der Waals surface area (Å²) in [5, 5.41) is 10.0. The van der Waals surface area contributed by atoms with Gasteiger partial charge in [-0.1, -0.05) is 13.0 Å². The highest BCUT2D eigenvalue weighted by molar-refractivity contribution is 5.95. The molecule has 1 aromatic heterocycles. The molecule has 0 fully saturated rings. The minimum atomic E-state index is -1.00. The van der Waals surface area contributed by atoms with Crippen LogP contribution in [0.4, 0.5) is 0 Å².